The molecule has 26 heavy (non-hydrogen) atoms. The number of fused-ring (bicyclic) bond motifs is 1. The number of hydrogen-bond donors (Lipinski definition) is 0. The van der Waals surface area contributed by atoms with Crippen molar-refractivity contribution in [3.05, 3.63) is 53.3 Å². The molecule has 0 atom stereocenters. The number of nitrogens with zero attached hydrogens (tertiary/aromatic N) is 3. The highest BCUT2D eigenvalue weighted by atomic mass is 16.6. The minimum absolute atomic E-state index is 0.0459. The Balaban J connectivity index is 1.35. The van der Waals surface area contributed by atoms with Gasteiger partial charge in [0.25, 0.3) is 0 Å². The molecule has 2 aliphatic rings. The first-order valence-corrected chi connectivity index (χ1v) is 9.09. The molecule has 0 unspecified atom stereocenters. The lowest BCUT2D eigenvalue weighted by atomic mass is 9.70. The number of aromatic nitrogens is 2. The van der Waals surface area contributed by atoms with Gasteiger partial charge in [-0.1, -0.05) is 30.3 Å². The molecule has 1 aromatic carbocycles. The molecule has 2 aromatic rings. The van der Waals surface area contributed by atoms with Crippen LogP contribution in [0.3, 0.4) is 0 Å². The molecule has 4 rings (SSSR count). The van der Waals surface area contributed by atoms with E-state index in [9.17, 15) is 9.59 Å². The van der Waals surface area contributed by atoms with Crippen LogP contribution in [0.2, 0.25) is 0 Å². The van der Waals surface area contributed by atoms with Crippen LogP contribution in [0.4, 0.5) is 4.79 Å². The third kappa shape index (κ3) is 3.23. The number of rotatable bonds is 2. The number of hydrogen-bond acceptors (Lipinski definition) is 4. The molecule has 136 valence electrons. The van der Waals surface area contributed by atoms with Crippen LogP contribution in [0, 0.1) is 12.3 Å². The Morgan fingerprint density at radius 1 is 1.19 bits per heavy atom. The van der Waals surface area contributed by atoms with E-state index in [2.05, 4.69) is 5.10 Å². The molecule has 0 bridgehead atoms. The Morgan fingerprint density at radius 2 is 1.92 bits per heavy atom. The topological polar surface area (TPSA) is 64.4 Å². The highest BCUT2D eigenvalue weighted by Gasteiger charge is 2.42. The van der Waals surface area contributed by atoms with Crippen LogP contribution in [0.15, 0.2) is 36.4 Å². The minimum Gasteiger partial charge on any atom is -0.445 e. The third-order valence-corrected chi connectivity index (χ3v) is 5.51. The second kappa shape index (κ2) is 6.59. The lowest BCUT2D eigenvalue weighted by Crippen LogP contribution is -2.47. The zero-order valence-corrected chi connectivity index (χ0v) is 15.0. The van der Waals surface area contributed by atoms with Crippen molar-refractivity contribution in [2.24, 2.45) is 5.41 Å². The normalized spacial score (nSPS) is 18.7. The van der Waals surface area contributed by atoms with Crippen molar-refractivity contribution in [1.82, 2.24) is 14.7 Å². The van der Waals surface area contributed by atoms with Crippen molar-refractivity contribution in [2.45, 2.75) is 39.2 Å². The first kappa shape index (κ1) is 16.8. The summed E-state index contributed by atoms with van der Waals surface area (Å²) in [6.45, 7) is 3.47. The van der Waals surface area contributed by atoms with E-state index in [0.717, 1.165) is 36.2 Å². The van der Waals surface area contributed by atoms with Crippen molar-refractivity contribution in [3.63, 3.8) is 0 Å². The van der Waals surface area contributed by atoms with Gasteiger partial charge in [0.2, 0.25) is 5.91 Å². The quantitative estimate of drug-likeness (QED) is 0.832. The van der Waals surface area contributed by atoms with Gasteiger partial charge in [-0.3, -0.25) is 4.79 Å². The summed E-state index contributed by atoms with van der Waals surface area (Å²) in [6, 6.07) is 11.7. The maximum atomic E-state index is 12.4. The minimum atomic E-state index is -0.272. The molecular formula is C20H23N3O3. The number of ether oxygens (including phenoxy) is 1. The summed E-state index contributed by atoms with van der Waals surface area (Å²) in [5.74, 6) is 0.0689. The van der Waals surface area contributed by atoms with E-state index in [-0.39, 0.29) is 24.0 Å². The van der Waals surface area contributed by atoms with Gasteiger partial charge in [0.1, 0.15) is 6.61 Å². The van der Waals surface area contributed by atoms with E-state index in [0.29, 0.717) is 19.5 Å². The van der Waals surface area contributed by atoms with Gasteiger partial charge < -0.3 is 9.64 Å². The molecular weight excluding hydrogens is 330 g/mol. The average molecular weight is 353 g/mol. The predicted octanol–water partition coefficient (Wildman–Crippen LogP) is 3.20. The molecule has 0 N–H and O–H groups in total. The summed E-state index contributed by atoms with van der Waals surface area (Å²) in [6.07, 6.45) is 2.74. The maximum absolute atomic E-state index is 12.4. The second-order valence-electron chi connectivity index (χ2n) is 7.46. The molecule has 0 radical (unpaired) electrons. The number of piperidine rings is 1. The van der Waals surface area contributed by atoms with E-state index in [1.807, 2.05) is 43.3 Å². The van der Waals surface area contributed by atoms with Gasteiger partial charge in [0.15, 0.2) is 0 Å². The van der Waals surface area contributed by atoms with Crippen molar-refractivity contribution < 1.29 is 14.3 Å². The SMILES string of the molecule is Cc1cc2n(n1)C(=O)CC1(CCN(C(=O)OCc3ccccc3)CC1)C2. The molecule has 1 fully saturated rings. The fourth-order valence-electron chi connectivity index (χ4n) is 4.07. The van der Waals surface area contributed by atoms with Gasteiger partial charge in [0, 0.05) is 25.2 Å². The summed E-state index contributed by atoms with van der Waals surface area (Å²) in [5.41, 5.74) is 2.82. The number of carbonyl (C=O) groups is 2. The molecule has 0 saturated carbocycles. The standard InChI is InChI=1S/C20H23N3O3/c1-15-11-17-12-20(13-18(24)23(17)21-15)7-9-22(10-8-20)19(25)26-14-16-5-3-2-4-6-16/h2-6,11H,7-10,12-14H2,1H3. The Hall–Kier alpha value is -2.63. The smallest absolute Gasteiger partial charge is 0.410 e. The van der Waals surface area contributed by atoms with Crippen LogP contribution in [0.1, 0.15) is 41.0 Å². The van der Waals surface area contributed by atoms with Crippen LogP contribution in [0.5, 0.6) is 0 Å². The van der Waals surface area contributed by atoms with Gasteiger partial charge in [-0.05, 0) is 43.2 Å². The average Bonchev–Trinajstić information content (AvgIpc) is 3.02. The van der Waals surface area contributed by atoms with E-state index in [1.165, 1.54) is 0 Å². The zero-order valence-electron chi connectivity index (χ0n) is 15.0. The highest BCUT2D eigenvalue weighted by molar-refractivity contribution is 5.81. The fourth-order valence-corrected chi connectivity index (χ4v) is 4.07. The van der Waals surface area contributed by atoms with Crippen LogP contribution < -0.4 is 0 Å². The zero-order chi connectivity index (χ0) is 18.1. The van der Waals surface area contributed by atoms with E-state index >= 15 is 0 Å². The van der Waals surface area contributed by atoms with E-state index in [1.54, 1.807) is 9.58 Å². The fraction of sp³-hybridized carbons (Fsp3) is 0.450. The summed E-state index contributed by atoms with van der Waals surface area (Å²) in [7, 11) is 0. The molecule has 1 saturated heterocycles. The molecule has 6 nitrogen and oxygen atoms in total. The highest BCUT2D eigenvalue weighted by Crippen LogP contribution is 2.41. The summed E-state index contributed by atoms with van der Waals surface area (Å²) in [5, 5.41) is 4.29. The largest absolute Gasteiger partial charge is 0.445 e. The van der Waals surface area contributed by atoms with Crippen molar-refractivity contribution in [3.8, 4) is 0 Å². The number of likely N-dealkylation sites (tertiary alicyclic amines) is 1. The second-order valence-corrected chi connectivity index (χ2v) is 7.46. The molecule has 3 heterocycles. The number of carbonyl (C=O) groups excluding carboxylic acids is 2. The molecule has 0 aliphatic carbocycles. The van der Waals surface area contributed by atoms with E-state index in [4.69, 9.17) is 4.74 Å². The van der Waals surface area contributed by atoms with Crippen molar-refractivity contribution >= 4 is 12.0 Å². The monoisotopic (exact) mass is 353 g/mol. The van der Waals surface area contributed by atoms with Crippen LogP contribution >= 0.6 is 0 Å². The van der Waals surface area contributed by atoms with Gasteiger partial charge in [-0.2, -0.15) is 5.10 Å². The third-order valence-electron chi connectivity index (χ3n) is 5.51. The van der Waals surface area contributed by atoms with Gasteiger partial charge >= 0.3 is 6.09 Å². The maximum Gasteiger partial charge on any atom is 0.410 e. The molecule has 6 heteroatoms. The number of amides is 1. The number of aryl methyl sites for hydroxylation is 1. The predicted molar refractivity (Wildman–Crippen MR) is 95.8 cm³/mol. The van der Waals surface area contributed by atoms with Gasteiger partial charge in [0.05, 0.1) is 5.69 Å². The van der Waals surface area contributed by atoms with Crippen LogP contribution in [-0.2, 0) is 17.8 Å². The molecule has 1 amide bonds. The molecule has 1 spiro atoms. The summed E-state index contributed by atoms with van der Waals surface area (Å²) in [4.78, 5) is 26.5. The van der Waals surface area contributed by atoms with Crippen molar-refractivity contribution in [2.75, 3.05) is 13.1 Å². The number of benzene rings is 1. The van der Waals surface area contributed by atoms with Gasteiger partial charge in [-0.15, -0.1) is 0 Å². The Bertz CT molecular complexity index is 820. The Morgan fingerprint density at radius 3 is 2.65 bits per heavy atom. The van der Waals surface area contributed by atoms with E-state index < -0.39 is 0 Å². The van der Waals surface area contributed by atoms with Crippen LogP contribution in [0.25, 0.3) is 0 Å². The Labute approximate surface area is 152 Å². The summed E-state index contributed by atoms with van der Waals surface area (Å²) < 4.78 is 6.99. The Kier molecular flexibility index (Phi) is 4.26. The lowest BCUT2D eigenvalue weighted by Gasteiger charge is -2.43. The van der Waals surface area contributed by atoms with Crippen molar-refractivity contribution in [1.29, 1.82) is 0 Å². The van der Waals surface area contributed by atoms with Gasteiger partial charge in [-0.25, -0.2) is 9.48 Å². The first-order valence-electron chi connectivity index (χ1n) is 9.09. The first-order chi connectivity index (χ1) is 12.5. The lowest BCUT2D eigenvalue weighted by molar-refractivity contribution is 0.0451. The summed E-state index contributed by atoms with van der Waals surface area (Å²) >= 11 is 0. The molecule has 2 aliphatic heterocycles. The van der Waals surface area contributed by atoms with Crippen LogP contribution in [-0.4, -0.2) is 39.8 Å². The molecule has 1 aromatic heterocycles.